The van der Waals surface area contributed by atoms with Crippen molar-refractivity contribution < 1.29 is 14.3 Å². The molecule has 1 aliphatic heterocycles. The van der Waals surface area contributed by atoms with Gasteiger partial charge in [-0.1, -0.05) is 13.8 Å². The van der Waals surface area contributed by atoms with E-state index in [4.69, 9.17) is 4.74 Å². The Morgan fingerprint density at radius 2 is 1.96 bits per heavy atom. The molecule has 2 heterocycles. The number of anilines is 1. The molecule has 0 unspecified atom stereocenters. The van der Waals surface area contributed by atoms with Crippen molar-refractivity contribution in [1.82, 2.24) is 15.2 Å². The lowest BCUT2D eigenvalue weighted by Gasteiger charge is -2.34. The zero-order valence-electron chi connectivity index (χ0n) is 15.3. The number of nitrogens with one attached hydrogen (secondary N) is 1. The number of carbonyl (C=O) groups is 2. The lowest BCUT2D eigenvalue weighted by atomic mass is 10.1. The third-order valence-electron chi connectivity index (χ3n) is 4.15. The topological polar surface area (TPSA) is 74.8 Å². The molecule has 1 fully saturated rings. The Bertz CT molecular complexity index is 566. The van der Waals surface area contributed by atoms with E-state index < -0.39 is 0 Å². The molecule has 138 valence electrons. The van der Waals surface area contributed by atoms with Crippen LogP contribution in [0, 0.1) is 5.92 Å². The van der Waals surface area contributed by atoms with Crippen LogP contribution in [0.4, 0.5) is 10.6 Å². The van der Waals surface area contributed by atoms with Crippen LogP contribution >= 0.6 is 0 Å². The third-order valence-corrected chi connectivity index (χ3v) is 4.15. The standard InChI is InChI=1S/C18H28N4O3/c1-4-25-18(24)22-11-9-21(10-12-22)16-6-5-15(13-20-16)17(23)19-8-7-14(2)3/h5-6,13-14H,4,7-12H2,1-3H3,(H,19,23). The second-order valence-electron chi connectivity index (χ2n) is 6.52. The Kier molecular flexibility index (Phi) is 7.03. The van der Waals surface area contributed by atoms with Gasteiger partial charge in [-0.15, -0.1) is 0 Å². The van der Waals surface area contributed by atoms with Gasteiger partial charge in [0.05, 0.1) is 12.2 Å². The van der Waals surface area contributed by atoms with Crippen molar-refractivity contribution in [2.45, 2.75) is 27.2 Å². The van der Waals surface area contributed by atoms with E-state index >= 15 is 0 Å². The highest BCUT2D eigenvalue weighted by Gasteiger charge is 2.22. The van der Waals surface area contributed by atoms with Gasteiger partial charge in [0.1, 0.15) is 5.82 Å². The number of ether oxygens (including phenoxy) is 1. The normalized spacial score (nSPS) is 14.6. The lowest BCUT2D eigenvalue weighted by molar-refractivity contribution is 0.0950. The first-order valence-corrected chi connectivity index (χ1v) is 8.92. The number of pyridine rings is 1. The van der Waals surface area contributed by atoms with Gasteiger partial charge in [-0.3, -0.25) is 4.79 Å². The van der Waals surface area contributed by atoms with Crippen LogP contribution in [0.3, 0.4) is 0 Å². The van der Waals surface area contributed by atoms with E-state index in [1.54, 1.807) is 24.1 Å². The summed E-state index contributed by atoms with van der Waals surface area (Å²) in [6.45, 7) is 9.75. The van der Waals surface area contributed by atoms with Gasteiger partial charge < -0.3 is 19.9 Å². The molecule has 2 amide bonds. The van der Waals surface area contributed by atoms with Gasteiger partial charge in [-0.25, -0.2) is 9.78 Å². The molecule has 0 spiro atoms. The Morgan fingerprint density at radius 3 is 2.52 bits per heavy atom. The SMILES string of the molecule is CCOC(=O)N1CCN(c2ccc(C(=O)NCCC(C)C)cn2)CC1. The Balaban J connectivity index is 1.84. The molecule has 0 aromatic carbocycles. The largest absolute Gasteiger partial charge is 0.450 e. The average molecular weight is 348 g/mol. The maximum atomic E-state index is 12.1. The molecule has 1 saturated heterocycles. The highest BCUT2D eigenvalue weighted by molar-refractivity contribution is 5.94. The van der Waals surface area contributed by atoms with Crippen molar-refractivity contribution in [3.05, 3.63) is 23.9 Å². The molecule has 0 atom stereocenters. The van der Waals surface area contributed by atoms with Crippen LogP contribution in [0.15, 0.2) is 18.3 Å². The number of nitrogens with zero attached hydrogens (tertiary/aromatic N) is 3. The second kappa shape index (κ2) is 9.25. The molecule has 0 radical (unpaired) electrons. The highest BCUT2D eigenvalue weighted by Crippen LogP contribution is 2.14. The quantitative estimate of drug-likeness (QED) is 0.852. The van der Waals surface area contributed by atoms with Crippen molar-refractivity contribution in [1.29, 1.82) is 0 Å². The Morgan fingerprint density at radius 1 is 1.24 bits per heavy atom. The van der Waals surface area contributed by atoms with E-state index in [1.165, 1.54) is 0 Å². The number of aromatic nitrogens is 1. The van der Waals surface area contributed by atoms with E-state index in [2.05, 4.69) is 29.0 Å². The minimum absolute atomic E-state index is 0.0909. The molecule has 2 rings (SSSR count). The summed E-state index contributed by atoms with van der Waals surface area (Å²) >= 11 is 0. The van der Waals surface area contributed by atoms with Crippen molar-refractivity contribution in [3.8, 4) is 0 Å². The minimum atomic E-state index is -0.261. The molecule has 7 heteroatoms. The summed E-state index contributed by atoms with van der Waals surface area (Å²) in [5, 5.41) is 2.91. The van der Waals surface area contributed by atoms with E-state index in [0.717, 1.165) is 12.2 Å². The summed E-state index contributed by atoms with van der Waals surface area (Å²) in [6, 6.07) is 3.65. The summed E-state index contributed by atoms with van der Waals surface area (Å²) in [6.07, 6.45) is 2.31. The fourth-order valence-electron chi connectivity index (χ4n) is 2.62. The van der Waals surface area contributed by atoms with Crippen LogP contribution in [0.5, 0.6) is 0 Å². The van der Waals surface area contributed by atoms with Gasteiger partial charge in [0.25, 0.3) is 5.91 Å². The molecule has 25 heavy (non-hydrogen) atoms. The molecule has 1 aromatic heterocycles. The van der Waals surface area contributed by atoms with Crippen LogP contribution in [0.25, 0.3) is 0 Å². The smallest absolute Gasteiger partial charge is 0.409 e. The monoisotopic (exact) mass is 348 g/mol. The first-order valence-electron chi connectivity index (χ1n) is 8.92. The maximum absolute atomic E-state index is 12.1. The molecule has 0 aliphatic carbocycles. The molecule has 0 bridgehead atoms. The maximum Gasteiger partial charge on any atom is 0.409 e. The van der Waals surface area contributed by atoms with Crippen LogP contribution in [0.2, 0.25) is 0 Å². The van der Waals surface area contributed by atoms with Crippen molar-refractivity contribution >= 4 is 17.8 Å². The molecular formula is C18H28N4O3. The fourth-order valence-corrected chi connectivity index (χ4v) is 2.62. The van der Waals surface area contributed by atoms with Gasteiger partial charge >= 0.3 is 6.09 Å². The first-order chi connectivity index (χ1) is 12.0. The van der Waals surface area contributed by atoms with Gasteiger partial charge in [0.15, 0.2) is 0 Å². The lowest BCUT2D eigenvalue weighted by Crippen LogP contribution is -2.49. The van der Waals surface area contributed by atoms with Crippen LogP contribution < -0.4 is 10.2 Å². The van der Waals surface area contributed by atoms with Gasteiger partial charge in [0, 0.05) is 38.9 Å². The number of carbonyl (C=O) groups excluding carboxylic acids is 2. The number of hydrogen-bond donors (Lipinski definition) is 1. The zero-order valence-corrected chi connectivity index (χ0v) is 15.3. The van der Waals surface area contributed by atoms with Gasteiger partial charge in [0.2, 0.25) is 0 Å². The summed E-state index contributed by atoms with van der Waals surface area (Å²) < 4.78 is 5.02. The fraction of sp³-hybridized carbons (Fsp3) is 0.611. The minimum Gasteiger partial charge on any atom is -0.450 e. The highest BCUT2D eigenvalue weighted by atomic mass is 16.6. The molecule has 1 aromatic rings. The number of amides is 2. The van der Waals surface area contributed by atoms with Crippen molar-refractivity contribution in [3.63, 3.8) is 0 Å². The van der Waals surface area contributed by atoms with Crippen molar-refractivity contribution in [2.75, 3.05) is 44.2 Å². The third kappa shape index (κ3) is 5.62. The number of rotatable bonds is 6. The molecule has 1 aliphatic rings. The summed E-state index contributed by atoms with van der Waals surface area (Å²) in [5.74, 6) is 1.29. The summed E-state index contributed by atoms with van der Waals surface area (Å²) in [7, 11) is 0. The van der Waals surface area contributed by atoms with E-state index in [9.17, 15) is 9.59 Å². The first kappa shape index (κ1) is 19.0. The van der Waals surface area contributed by atoms with E-state index in [-0.39, 0.29) is 12.0 Å². The van der Waals surface area contributed by atoms with E-state index in [0.29, 0.717) is 50.8 Å². The average Bonchev–Trinajstić information content (AvgIpc) is 2.62. The van der Waals surface area contributed by atoms with E-state index in [1.807, 2.05) is 6.07 Å². The van der Waals surface area contributed by atoms with Crippen LogP contribution in [0.1, 0.15) is 37.6 Å². The van der Waals surface area contributed by atoms with Crippen LogP contribution in [-0.2, 0) is 4.74 Å². The van der Waals surface area contributed by atoms with Gasteiger partial charge in [-0.2, -0.15) is 0 Å². The van der Waals surface area contributed by atoms with Crippen LogP contribution in [-0.4, -0.2) is 61.2 Å². The predicted molar refractivity (Wildman–Crippen MR) is 96.8 cm³/mol. The Labute approximate surface area is 149 Å². The Hall–Kier alpha value is -2.31. The predicted octanol–water partition coefficient (Wildman–Crippen LogP) is 2.14. The summed E-state index contributed by atoms with van der Waals surface area (Å²) in [4.78, 5) is 32.0. The second-order valence-corrected chi connectivity index (χ2v) is 6.52. The summed E-state index contributed by atoms with van der Waals surface area (Å²) in [5.41, 5.74) is 0.567. The van der Waals surface area contributed by atoms with Gasteiger partial charge in [-0.05, 0) is 31.4 Å². The molecular weight excluding hydrogens is 320 g/mol. The number of hydrogen-bond acceptors (Lipinski definition) is 5. The number of piperazine rings is 1. The molecule has 0 saturated carbocycles. The van der Waals surface area contributed by atoms with Crippen molar-refractivity contribution in [2.24, 2.45) is 5.92 Å². The molecule has 1 N–H and O–H groups in total. The zero-order chi connectivity index (χ0) is 18.2. The molecule has 7 nitrogen and oxygen atoms in total.